The molecule has 0 spiro atoms. The number of benzene rings is 1. The van der Waals surface area contributed by atoms with Gasteiger partial charge in [0, 0.05) is 10.2 Å². The third-order valence-corrected chi connectivity index (χ3v) is 4.93. The summed E-state index contributed by atoms with van der Waals surface area (Å²) in [7, 11) is -3.89. The predicted octanol–water partition coefficient (Wildman–Crippen LogP) is 1.13. The van der Waals surface area contributed by atoms with Gasteiger partial charge in [-0.1, -0.05) is 29.8 Å². The summed E-state index contributed by atoms with van der Waals surface area (Å²) in [5, 5.41) is 0. The van der Waals surface area contributed by atoms with Crippen molar-refractivity contribution in [3.05, 3.63) is 22.2 Å². The summed E-state index contributed by atoms with van der Waals surface area (Å²) < 4.78 is 27.6. The number of hydrogen-bond donors (Lipinski definition) is 3. The molecule has 0 aliphatic heterocycles. The van der Waals surface area contributed by atoms with E-state index in [0.717, 1.165) is 0 Å². The summed E-state index contributed by atoms with van der Waals surface area (Å²) >= 11 is 3.20. The molecule has 1 unspecified atom stereocenters. The highest BCUT2D eigenvalue weighted by molar-refractivity contribution is 9.10. The van der Waals surface area contributed by atoms with Crippen molar-refractivity contribution in [1.82, 2.24) is 4.72 Å². The lowest BCUT2D eigenvalue weighted by Crippen LogP contribution is -2.47. The number of nitrogen functional groups attached to an aromatic ring is 1. The van der Waals surface area contributed by atoms with Gasteiger partial charge in [-0.05, 0) is 30.5 Å². The Morgan fingerprint density at radius 3 is 2.35 bits per heavy atom. The van der Waals surface area contributed by atoms with Gasteiger partial charge in [-0.3, -0.25) is 4.79 Å². The lowest BCUT2D eigenvalue weighted by Gasteiger charge is -2.20. The molecule has 0 aromatic heterocycles. The Bertz CT molecular complexity index is 629. The molecule has 0 aliphatic carbocycles. The van der Waals surface area contributed by atoms with E-state index in [1.54, 1.807) is 26.8 Å². The molecule has 112 valence electrons. The van der Waals surface area contributed by atoms with Crippen LogP contribution in [0, 0.1) is 12.8 Å². The second kappa shape index (κ2) is 6.11. The molecule has 0 aliphatic rings. The van der Waals surface area contributed by atoms with E-state index in [2.05, 4.69) is 20.7 Å². The zero-order valence-corrected chi connectivity index (χ0v) is 13.9. The third-order valence-electron chi connectivity index (χ3n) is 2.91. The van der Waals surface area contributed by atoms with Crippen LogP contribution in [0.5, 0.6) is 0 Å². The molecule has 0 saturated heterocycles. The van der Waals surface area contributed by atoms with Crippen molar-refractivity contribution in [3.63, 3.8) is 0 Å². The highest BCUT2D eigenvalue weighted by Gasteiger charge is 2.28. The molecule has 1 atom stereocenters. The zero-order chi connectivity index (χ0) is 15.7. The minimum Gasteiger partial charge on any atom is -0.398 e. The Kier molecular flexibility index (Phi) is 5.17. The van der Waals surface area contributed by atoms with Gasteiger partial charge in [0.1, 0.15) is 6.04 Å². The number of nitrogens with one attached hydrogen (secondary N) is 1. The molecule has 0 radical (unpaired) electrons. The molecule has 1 amide bonds. The molecule has 0 bridgehead atoms. The first-order valence-electron chi connectivity index (χ1n) is 5.93. The van der Waals surface area contributed by atoms with Crippen LogP contribution in [0.2, 0.25) is 0 Å². The topological polar surface area (TPSA) is 115 Å². The van der Waals surface area contributed by atoms with Crippen molar-refractivity contribution in [2.75, 3.05) is 5.73 Å². The van der Waals surface area contributed by atoms with E-state index in [9.17, 15) is 13.2 Å². The number of carbonyl (C=O) groups is 1. The molecule has 20 heavy (non-hydrogen) atoms. The van der Waals surface area contributed by atoms with E-state index < -0.39 is 22.0 Å². The second-order valence-corrected chi connectivity index (χ2v) is 7.46. The zero-order valence-electron chi connectivity index (χ0n) is 11.5. The summed E-state index contributed by atoms with van der Waals surface area (Å²) in [6.07, 6.45) is 0. The van der Waals surface area contributed by atoms with Crippen molar-refractivity contribution in [2.24, 2.45) is 11.7 Å². The summed E-state index contributed by atoms with van der Waals surface area (Å²) in [5.74, 6) is -0.976. The van der Waals surface area contributed by atoms with Crippen molar-refractivity contribution < 1.29 is 13.2 Å². The maximum Gasteiger partial charge on any atom is 0.241 e. The summed E-state index contributed by atoms with van der Waals surface area (Å²) in [4.78, 5) is 11.4. The molecule has 6 nitrogen and oxygen atoms in total. The van der Waals surface area contributed by atoms with E-state index in [0.29, 0.717) is 15.7 Å². The SMILES string of the molecule is Cc1c(N)cc(Br)cc1S(=O)(=O)NC(C(N)=O)C(C)C. The average Bonchev–Trinajstić information content (AvgIpc) is 2.30. The number of rotatable bonds is 5. The van der Waals surface area contributed by atoms with Crippen molar-refractivity contribution in [2.45, 2.75) is 31.7 Å². The quantitative estimate of drug-likeness (QED) is 0.679. The highest BCUT2D eigenvalue weighted by Crippen LogP contribution is 2.26. The number of hydrogen-bond acceptors (Lipinski definition) is 4. The first kappa shape index (κ1) is 16.9. The maximum absolute atomic E-state index is 12.4. The summed E-state index contributed by atoms with van der Waals surface area (Å²) in [6, 6.07) is 2.08. The number of carbonyl (C=O) groups excluding carboxylic acids is 1. The fourth-order valence-corrected chi connectivity index (χ4v) is 3.99. The smallest absolute Gasteiger partial charge is 0.241 e. The Morgan fingerprint density at radius 1 is 1.35 bits per heavy atom. The standard InChI is InChI=1S/C12H18BrN3O3S/c1-6(2)11(12(15)17)16-20(18,19)10-5-8(13)4-9(14)7(10)3/h4-6,11,16H,14H2,1-3H3,(H2,15,17). The lowest BCUT2D eigenvalue weighted by atomic mass is 10.1. The average molecular weight is 364 g/mol. The van der Waals surface area contributed by atoms with Crippen LogP contribution in [0.3, 0.4) is 0 Å². The number of halogens is 1. The van der Waals surface area contributed by atoms with Crippen LogP contribution in [0.4, 0.5) is 5.69 Å². The van der Waals surface area contributed by atoms with Gasteiger partial charge in [-0.2, -0.15) is 4.72 Å². The number of sulfonamides is 1. The third kappa shape index (κ3) is 3.71. The van der Waals surface area contributed by atoms with Gasteiger partial charge in [-0.25, -0.2) is 8.42 Å². The minimum absolute atomic E-state index is 0.0243. The molecule has 1 rings (SSSR count). The lowest BCUT2D eigenvalue weighted by molar-refractivity contribution is -0.120. The van der Waals surface area contributed by atoms with E-state index in [1.807, 2.05) is 0 Å². The second-order valence-electron chi connectivity index (χ2n) is 4.86. The molecule has 1 aromatic rings. The van der Waals surface area contributed by atoms with E-state index in [1.165, 1.54) is 6.07 Å². The van der Waals surface area contributed by atoms with E-state index >= 15 is 0 Å². The van der Waals surface area contributed by atoms with Gasteiger partial charge < -0.3 is 11.5 Å². The predicted molar refractivity (Wildman–Crippen MR) is 81.4 cm³/mol. The van der Waals surface area contributed by atoms with Crippen LogP contribution < -0.4 is 16.2 Å². The molecule has 0 fully saturated rings. The first-order chi connectivity index (χ1) is 9.06. The monoisotopic (exact) mass is 363 g/mol. The van der Waals surface area contributed by atoms with Crippen molar-refractivity contribution in [3.8, 4) is 0 Å². The number of anilines is 1. The molecule has 8 heteroatoms. The first-order valence-corrected chi connectivity index (χ1v) is 8.21. The van der Waals surface area contributed by atoms with Crippen LogP contribution in [0.1, 0.15) is 19.4 Å². The van der Waals surface area contributed by atoms with E-state index in [-0.39, 0.29) is 10.8 Å². The summed E-state index contributed by atoms with van der Waals surface area (Å²) in [5.41, 5.74) is 11.7. The van der Waals surface area contributed by atoms with Crippen LogP contribution >= 0.6 is 15.9 Å². The van der Waals surface area contributed by atoms with Gasteiger partial charge in [0.15, 0.2) is 0 Å². The fourth-order valence-electron chi connectivity index (χ4n) is 1.71. The molecule has 5 N–H and O–H groups in total. The molecule has 0 heterocycles. The van der Waals surface area contributed by atoms with Crippen LogP contribution in [-0.4, -0.2) is 20.4 Å². The molecular formula is C12H18BrN3O3S. The van der Waals surface area contributed by atoms with Crippen molar-refractivity contribution in [1.29, 1.82) is 0 Å². The van der Waals surface area contributed by atoms with Gasteiger partial charge >= 0.3 is 0 Å². The Morgan fingerprint density at radius 2 is 1.90 bits per heavy atom. The molecular weight excluding hydrogens is 346 g/mol. The van der Waals surface area contributed by atoms with Gasteiger partial charge in [0.05, 0.1) is 4.90 Å². The van der Waals surface area contributed by atoms with Gasteiger partial charge in [0.2, 0.25) is 15.9 Å². The van der Waals surface area contributed by atoms with Crippen LogP contribution in [-0.2, 0) is 14.8 Å². The molecule has 0 saturated carbocycles. The minimum atomic E-state index is -3.89. The van der Waals surface area contributed by atoms with Gasteiger partial charge in [-0.15, -0.1) is 0 Å². The van der Waals surface area contributed by atoms with Crippen molar-refractivity contribution >= 4 is 37.5 Å². The summed E-state index contributed by atoms with van der Waals surface area (Å²) in [6.45, 7) is 5.02. The Hall–Kier alpha value is -1.12. The Balaban J connectivity index is 3.27. The molecule has 1 aromatic carbocycles. The largest absolute Gasteiger partial charge is 0.398 e. The number of nitrogens with two attached hydrogens (primary N) is 2. The van der Waals surface area contributed by atoms with Crippen LogP contribution in [0.25, 0.3) is 0 Å². The van der Waals surface area contributed by atoms with E-state index in [4.69, 9.17) is 11.5 Å². The fraction of sp³-hybridized carbons (Fsp3) is 0.417. The highest BCUT2D eigenvalue weighted by atomic mass is 79.9. The van der Waals surface area contributed by atoms with Gasteiger partial charge in [0.25, 0.3) is 0 Å². The number of amides is 1. The maximum atomic E-state index is 12.4. The number of primary amides is 1. The Labute approximate surface area is 127 Å². The normalized spacial score (nSPS) is 13.4. The van der Waals surface area contributed by atoms with Crippen LogP contribution in [0.15, 0.2) is 21.5 Å².